The Morgan fingerprint density at radius 3 is 2.44 bits per heavy atom. The third-order valence-electron chi connectivity index (χ3n) is 4.54. The van der Waals surface area contributed by atoms with Crippen LogP contribution in [0.2, 0.25) is 0 Å². The molecule has 0 bridgehead atoms. The van der Waals surface area contributed by atoms with Gasteiger partial charge in [0.1, 0.15) is 0 Å². The first kappa shape index (κ1) is 9.33. The maximum absolute atomic E-state index is 8.11. The number of aryl methyl sites for hydroxylation is 2. The van der Waals surface area contributed by atoms with Gasteiger partial charge in [-0.2, -0.15) is 5.10 Å². The van der Waals surface area contributed by atoms with Crippen LogP contribution in [-0.4, -0.2) is 14.6 Å². The van der Waals surface area contributed by atoms with Crippen molar-refractivity contribution in [1.29, 1.82) is 0 Å². The van der Waals surface area contributed by atoms with Crippen LogP contribution in [0, 0.1) is 13.7 Å². The summed E-state index contributed by atoms with van der Waals surface area (Å²) < 4.78 is 49.6. The minimum absolute atomic E-state index is 0.242. The number of pyridine rings is 2. The van der Waals surface area contributed by atoms with Crippen LogP contribution in [0.4, 0.5) is 0 Å². The van der Waals surface area contributed by atoms with E-state index in [-0.39, 0.29) is 11.1 Å². The van der Waals surface area contributed by atoms with E-state index in [4.69, 9.17) is 8.22 Å². The quantitative estimate of drug-likeness (QED) is 0.390. The van der Waals surface area contributed by atoms with Gasteiger partial charge in [-0.15, -0.1) is 0 Å². The molecule has 0 aliphatic heterocycles. The predicted octanol–water partition coefficient (Wildman–Crippen LogP) is 5.32. The molecule has 0 amide bonds. The number of fused-ring (bicyclic) bond motifs is 6. The Balaban J connectivity index is 2.11. The van der Waals surface area contributed by atoms with Gasteiger partial charge in [0.15, 0.2) is 0 Å². The SMILES string of the molecule is [2H]C([2H])([2H])c1nn2c(c1C([2H])([2H])[2H])c1ccccc1c1nccc(-c3ccccc3)c12. The molecule has 3 nitrogen and oxygen atoms in total. The molecule has 0 radical (unpaired) electrons. The molecule has 0 aliphatic carbocycles. The molecule has 0 fully saturated rings. The molecule has 0 spiro atoms. The van der Waals surface area contributed by atoms with Crippen molar-refractivity contribution in [2.45, 2.75) is 13.7 Å². The lowest BCUT2D eigenvalue weighted by Gasteiger charge is -2.12. The van der Waals surface area contributed by atoms with Crippen molar-refractivity contribution >= 4 is 27.3 Å². The van der Waals surface area contributed by atoms with Crippen LogP contribution in [0.5, 0.6) is 0 Å². The smallest absolute Gasteiger partial charge is 0.0994 e. The van der Waals surface area contributed by atoms with Crippen LogP contribution in [-0.2, 0) is 0 Å². The molecule has 5 rings (SSSR count). The van der Waals surface area contributed by atoms with Gasteiger partial charge >= 0.3 is 0 Å². The van der Waals surface area contributed by atoms with Crippen LogP contribution in [0.25, 0.3) is 38.4 Å². The van der Waals surface area contributed by atoms with Crippen LogP contribution >= 0.6 is 0 Å². The van der Waals surface area contributed by atoms with Gasteiger partial charge in [0, 0.05) is 30.8 Å². The summed E-state index contributed by atoms with van der Waals surface area (Å²) in [6, 6.07) is 18.7. The van der Waals surface area contributed by atoms with E-state index in [1.807, 2.05) is 48.5 Å². The number of nitrogens with zero attached hydrogens (tertiary/aromatic N) is 3. The summed E-state index contributed by atoms with van der Waals surface area (Å²) in [5, 5.41) is 5.71. The summed E-state index contributed by atoms with van der Waals surface area (Å²) in [6.07, 6.45) is 1.70. The lowest BCUT2D eigenvalue weighted by Crippen LogP contribution is -1.97. The van der Waals surface area contributed by atoms with E-state index in [0.29, 0.717) is 16.4 Å². The van der Waals surface area contributed by atoms with E-state index in [9.17, 15) is 0 Å². The molecule has 0 unspecified atom stereocenters. The molecule has 3 heterocycles. The van der Waals surface area contributed by atoms with Gasteiger partial charge in [0.05, 0.1) is 22.2 Å². The van der Waals surface area contributed by atoms with Crippen molar-refractivity contribution < 1.29 is 8.22 Å². The maximum Gasteiger partial charge on any atom is 0.0994 e. The fourth-order valence-electron chi connectivity index (χ4n) is 3.44. The lowest BCUT2D eigenvalue weighted by atomic mass is 10.0. The Kier molecular flexibility index (Phi) is 1.92. The number of aromatic nitrogens is 3. The highest BCUT2D eigenvalue weighted by molar-refractivity contribution is 6.14. The van der Waals surface area contributed by atoms with Gasteiger partial charge in [-0.1, -0.05) is 54.6 Å². The Bertz CT molecular complexity index is 1450. The molecule has 3 heteroatoms. The Labute approximate surface area is 154 Å². The molecular weight excluding hydrogens is 306 g/mol. The zero-order valence-electron chi connectivity index (χ0n) is 19.2. The third kappa shape index (κ3) is 1.92. The highest BCUT2D eigenvalue weighted by Crippen LogP contribution is 2.35. The second kappa shape index (κ2) is 5.15. The first-order chi connectivity index (χ1) is 14.7. The van der Waals surface area contributed by atoms with E-state index in [1.165, 1.54) is 4.52 Å². The van der Waals surface area contributed by atoms with Gasteiger partial charge in [0.2, 0.25) is 0 Å². The summed E-state index contributed by atoms with van der Waals surface area (Å²) in [5.41, 5.74) is 2.51. The Hall–Kier alpha value is -3.20. The topological polar surface area (TPSA) is 30.2 Å². The van der Waals surface area contributed by atoms with Crippen molar-refractivity contribution in [3.8, 4) is 11.1 Å². The Morgan fingerprint density at radius 1 is 0.840 bits per heavy atom. The third-order valence-corrected chi connectivity index (χ3v) is 4.54. The molecule has 0 saturated carbocycles. The van der Waals surface area contributed by atoms with Crippen molar-refractivity contribution in [2.75, 3.05) is 0 Å². The zero-order valence-corrected chi connectivity index (χ0v) is 13.2. The molecule has 0 aliphatic rings. The fraction of sp³-hybridized carbons (Fsp3) is 0.0909. The van der Waals surface area contributed by atoms with Gasteiger partial charge in [-0.05, 0) is 30.9 Å². The molecule has 120 valence electrons. The minimum Gasteiger partial charge on any atom is -0.254 e. The van der Waals surface area contributed by atoms with Gasteiger partial charge in [-0.25, -0.2) is 4.52 Å². The fourth-order valence-corrected chi connectivity index (χ4v) is 3.44. The van der Waals surface area contributed by atoms with E-state index in [2.05, 4.69) is 10.1 Å². The monoisotopic (exact) mass is 329 g/mol. The molecular formula is C22H17N3. The summed E-state index contributed by atoms with van der Waals surface area (Å²) >= 11 is 0. The van der Waals surface area contributed by atoms with Crippen LogP contribution in [0.3, 0.4) is 0 Å². The zero-order chi connectivity index (χ0) is 22.0. The van der Waals surface area contributed by atoms with Crippen molar-refractivity contribution in [3.63, 3.8) is 0 Å². The molecule has 0 saturated heterocycles. The van der Waals surface area contributed by atoms with Crippen molar-refractivity contribution in [3.05, 3.63) is 78.1 Å². The first-order valence-corrected chi connectivity index (χ1v) is 7.96. The largest absolute Gasteiger partial charge is 0.254 e. The lowest BCUT2D eigenvalue weighted by molar-refractivity contribution is 0.971. The number of benzene rings is 2. The second-order valence-electron chi connectivity index (χ2n) is 5.95. The molecule has 0 N–H and O–H groups in total. The van der Waals surface area contributed by atoms with Crippen molar-refractivity contribution in [2.24, 2.45) is 0 Å². The van der Waals surface area contributed by atoms with Crippen molar-refractivity contribution in [1.82, 2.24) is 14.6 Å². The predicted molar refractivity (Wildman–Crippen MR) is 103 cm³/mol. The molecule has 3 aromatic heterocycles. The summed E-state index contributed by atoms with van der Waals surface area (Å²) in [4.78, 5) is 4.57. The van der Waals surface area contributed by atoms with E-state index >= 15 is 0 Å². The summed E-state index contributed by atoms with van der Waals surface area (Å²) in [6.45, 7) is -5.34. The molecule has 5 aromatic rings. The summed E-state index contributed by atoms with van der Waals surface area (Å²) in [5.74, 6) is 0. The average Bonchev–Trinajstić information content (AvgIpc) is 3.16. The number of hydrogen-bond donors (Lipinski definition) is 0. The van der Waals surface area contributed by atoms with Crippen LogP contribution in [0.1, 0.15) is 19.5 Å². The van der Waals surface area contributed by atoms with E-state index in [0.717, 1.165) is 16.5 Å². The maximum atomic E-state index is 8.11. The Morgan fingerprint density at radius 2 is 1.64 bits per heavy atom. The highest BCUT2D eigenvalue weighted by Gasteiger charge is 2.17. The molecule has 2 aromatic carbocycles. The minimum atomic E-state index is -2.68. The average molecular weight is 329 g/mol. The van der Waals surface area contributed by atoms with Gasteiger partial charge in [-0.3, -0.25) is 4.98 Å². The van der Waals surface area contributed by atoms with Gasteiger partial charge in [0.25, 0.3) is 0 Å². The van der Waals surface area contributed by atoms with Crippen LogP contribution in [0.15, 0.2) is 66.9 Å². The number of hydrogen-bond acceptors (Lipinski definition) is 2. The number of rotatable bonds is 1. The van der Waals surface area contributed by atoms with Gasteiger partial charge < -0.3 is 0 Å². The van der Waals surface area contributed by atoms with E-state index in [1.54, 1.807) is 18.3 Å². The first-order valence-electron chi connectivity index (χ1n) is 11.0. The summed E-state index contributed by atoms with van der Waals surface area (Å²) in [7, 11) is 0. The van der Waals surface area contributed by atoms with E-state index < -0.39 is 19.4 Å². The highest BCUT2D eigenvalue weighted by atomic mass is 15.2. The molecule has 25 heavy (non-hydrogen) atoms. The normalized spacial score (nSPS) is 16.2. The standard InChI is InChI=1S/C22H17N3/c1-14-15(2)24-25-21(14)19-11-7-6-10-18(19)20-22(25)17(12-13-23-20)16-8-4-3-5-9-16/h3-13H,1-2H3/i1D3,2D3. The second-order valence-corrected chi connectivity index (χ2v) is 5.95. The molecule has 0 atom stereocenters. The van der Waals surface area contributed by atoms with Crippen LogP contribution < -0.4 is 0 Å².